The second-order valence-corrected chi connectivity index (χ2v) is 5.29. The number of hydrogen-bond acceptors (Lipinski definition) is 5. The van der Waals surface area contributed by atoms with Crippen LogP contribution in [0.5, 0.6) is 0 Å². The van der Waals surface area contributed by atoms with Gasteiger partial charge in [0.15, 0.2) is 0 Å². The molecule has 0 aliphatic carbocycles. The Labute approximate surface area is 115 Å². The number of hydrogen-bond donors (Lipinski definition) is 5. The van der Waals surface area contributed by atoms with Crippen LogP contribution in [-0.2, 0) is 19.8 Å². The molecule has 0 aliphatic heterocycles. The summed E-state index contributed by atoms with van der Waals surface area (Å²) in [5.74, 6) is -1.31. The van der Waals surface area contributed by atoms with E-state index in [9.17, 15) is 18.0 Å². The van der Waals surface area contributed by atoms with Crippen molar-refractivity contribution >= 4 is 33.4 Å². The quantitative estimate of drug-likeness (QED) is 0.427. The van der Waals surface area contributed by atoms with E-state index in [1.165, 1.54) is 24.3 Å². The smallest absolute Gasteiger partial charge is 0.296 e. The second-order valence-electron chi connectivity index (χ2n) is 3.99. The van der Waals surface area contributed by atoms with Crippen molar-refractivity contribution < 1.29 is 18.0 Å². The van der Waals surface area contributed by atoms with E-state index in [1.54, 1.807) is 0 Å². The van der Waals surface area contributed by atoms with Crippen LogP contribution >= 0.6 is 0 Å². The standard InChI is InChI=1S/C10H15N5O4S/c11-8(5-9(12)16)10(17)14-6-2-1-3-7(4-6)15-20(13,18)19/h1-4,8,15H,5,11H2,(H2,12,16)(H,14,17)(H2,13,18,19). The minimum absolute atomic E-state index is 0.175. The van der Waals surface area contributed by atoms with E-state index in [0.717, 1.165) is 0 Å². The van der Waals surface area contributed by atoms with Gasteiger partial charge in [-0.1, -0.05) is 6.07 Å². The van der Waals surface area contributed by atoms with Crippen molar-refractivity contribution in [1.29, 1.82) is 0 Å². The molecular formula is C10H15N5O4S. The zero-order chi connectivity index (χ0) is 15.3. The third-order valence-corrected chi connectivity index (χ3v) is 2.67. The third-order valence-electron chi connectivity index (χ3n) is 2.15. The summed E-state index contributed by atoms with van der Waals surface area (Å²) in [5.41, 5.74) is 10.9. The SMILES string of the molecule is NC(=O)CC(N)C(=O)Nc1cccc(NS(N)(=O)=O)c1. The van der Waals surface area contributed by atoms with Gasteiger partial charge in [0.1, 0.15) is 0 Å². The first-order valence-electron chi connectivity index (χ1n) is 5.43. The van der Waals surface area contributed by atoms with Crippen molar-refractivity contribution in [3.63, 3.8) is 0 Å². The fourth-order valence-electron chi connectivity index (χ4n) is 1.37. The summed E-state index contributed by atoms with van der Waals surface area (Å²) in [5, 5.41) is 7.25. The largest absolute Gasteiger partial charge is 0.370 e. The molecule has 0 bridgehead atoms. The van der Waals surface area contributed by atoms with Crippen LogP contribution in [0.15, 0.2) is 24.3 Å². The molecular weight excluding hydrogens is 286 g/mol. The monoisotopic (exact) mass is 301 g/mol. The minimum atomic E-state index is -3.90. The van der Waals surface area contributed by atoms with Crippen LogP contribution in [-0.4, -0.2) is 26.3 Å². The first kappa shape index (κ1) is 15.9. The number of anilines is 2. The topological polar surface area (TPSA) is 170 Å². The number of nitrogens with two attached hydrogens (primary N) is 3. The molecule has 0 saturated heterocycles. The first-order valence-corrected chi connectivity index (χ1v) is 6.97. The summed E-state index contributed by atoms with van der Waals surface area (Å²) in [6, 6.07) is 4.73. The Kier molecular flexibility index (Phi) is 5.02. The second kappa shape index (κ2) is 6.32. The van der Waals surface area contributed by atoms with Crippen LogP contribution < -0.4 is 26.6 Å². The van der Waals surface area contributed by atoms with Gasteiger partial charge in [-0.3, -0.25) is 14.3 Å². The van der Waals surface area contributed by atoms with Crippen molar-refractivity contribution in [3.05, 3.63) is 24.3 Å². The number of rotatable bonds is 6. The molecule has 1 atom stereocenters. The van der Waals surface area contributed by atoms with Gasteiger partial charge in [-0.2, -0.15) is 8.42 Å². The summed E-state index contributed by atoms with van der Waals surface area (Å²) in [4.78, 5) is 22.3. The highest BCUT2D eigenvalue weighted by Gasteiger charge is 2.16. The van der Waals surface area contributed by atoms with E-state index in [4.69, 9.17) is 16.6 Å². The Morgan fingerprint density at radius 1 is 1.25 bits per heavy atom. The van der Waals surface area contributed by atoms with Crippen molar-refractivity contribution in [2.75, 3.05) is 10.0 Å². The lowest BCUT2D eigenvalue weighted by Crippen LogP contribution is -2.39. The highest BCUT2D eigenvalue weighted by molar-refractivity contribution is 7.90. The van der Waals surface area contributed by atoms with E-state index in [2.05, 4.69) is 5.32 Å². The van der Waals surface area contributed by atoms with Crippen molar-refractivity contribution in [2.45, 2.75) is 12.5 Å². The summed E-state index contributed by atoms with van der Waals surface area (Å²) in [6.07, 6.45) is -0.291. The lowest BCUT2D eigenvalue weighted by Gasteiger charge is -2.11. The highest BCUT2D eigenvalue weighted by atomic mass is 32.2. The molecule has 110 valence electrons. The summed E-state index contributed by atoms with van der Waals surface area (Å²) in [6.45, 7) is 0. The Bertz CT molecular complexity index is 616. The highest BCUT2D eigenvalue weighted by Crippen LogP contribution is 2.15. The van der Waals surface area contributed by atoms with Gasteiger partial charge in [0.2, 0.25) is 11.8 Å². The lowest BCUT2D eigenvalue weighted by atomic mass is 10.2. The molecule has 0 spiro atoms. The van der Waals surface area contributed by atoms with Crippen molar-refractivity contribution in [1.82, 2.24) is 0 Å². The molecule has 1 aromatic rings. The minimum Gasteiger partial charge on any atom is -0.370 e. The van der Waals surface area contributed by atoms with Gasteiger partial charge in [-0.25, -0.2) is 5.14 Å². The molecule has 1 unspecified atom stereocenters. The van der Waals surface area contributed by atoms with E-state index >= 15 is 0 Å². The van der Waals surface area contributed by atoms with Gasteiger partial charge in [0.05, 0.1) is 18.2 Å². The molecule has 0 fully saturated rings. The Morgan fingerprint density at radius 3 is 2.40 bits per heavy atom. The fourth-order valence-corrected chi connectivity index (χ4v) is 1.82. The van der Waals surface area contributed by atoms with E-state index in [-0.39, 0.29) is 12.1 Å². The van der Waals surface area contributed by atoms with Crippen LogP contribution in [0, 0.1) is 0 Å². The van der Waals surface area contributed by atoms with Crippen LogP contribution in [0.2, 0.25) is 0 Å². The molecule has 0 heterocycles. The summed E-state index contributed by atoms with van der Waals surface area (Å²) >= 11 is 0. The number of nitrogens with one attached hydrogen (secondary N) is 2. The Hall–Kier alpha value is -2.17. The molecule has 0 aromatic heterocycles. The van der Waals surface area contributed by atoms with Crippen molar-refractivity contribution in [3.8, 4) is 0 Å². The van der Waals surface area contributed by atoms with E-state index in [1.807, 2.05) is 4.72 Å². The van der Waals surface area contributed by atoms with E-state index < -0.39 is 28.1 Å². The number of carbonyl (C=O) groups is 2. The van der Waals surface area contributed by atoms with Gasteiger partial charge in [-0.05, 0) is 18.2 Å². The van der Waals surface area contributed by atoms with Gasteiger partial charge in [0.25, 0.3) is 10.2 Å². The van der Waals surface area contributed by atoms with Crippen LogP contribution in [0.4, 0.5) is 11.4 Å². The molecule has 0 saturated carbocycles. The summed E-state index contributed by atoms with van der Waals surface area (Å²) < 4.78 is 23.8. The molecule has 0 aliphatic rings. The molecule has 8 N–H and O–H groups in total. The number of amides is 2. The normalized spacial score (nSPS) is 12.5. The average Bonchev–Trinajstić information content (AvgIpc) is 2.25. The molecule has 9 nitrogen and oxygen atoms in total. The van der Waals surface area contributed by atoms with Crippen molar-refractivity contribution in [2.24, 2.45) is 16.6 Å². The number of benzene rings is 1. The summed E-state index contributed by atoms with van der Waals surface area (Å²) in [7, 11) is -3.90. The van der Waals surface area contributed by atoms with E-state index in [0.29, 0.717) is 5.69 Å². The molecule has 0 radical (unpaired) electrons. The third kappa shape index (κ3) is 5.65. The maximum absolute atomic E-state index is 11.6. The Balaban J connectivity index is 2.76. The first-order chi connectivity index (χ1) is 9.17. The maximum atomic E-state index is 11.6. The molecule has 10 heteroatoms. The molecule has 20 heavy (non-hydrogen) atoms. The zero-order valence-corrected chi connectivity index (χ0v) is 11.2. The van der Waals surface area contributed by atoms with Crippen LogP contribution in [0.1, 0.15) is 6.42 Å². The van der Waals surface area contributed by atoms with Gasteiger partial charge < -0.3 is 16.8 Å². The molecule has 2 amide bonds. The predicted molar refractivity (Wildman–Crippen MR) is 73.6 cm³/mol. The fraction of sp³-hybridized carbons (Fsp3) is 0.200. The van der Waals surface area contributed by atoms with Crippen LogP contribution in [0.3, 0.4) is 0 Å². The number of primary amides is 1. The molecule has 1 rings (SSSR count). The van der Waals surface area contributed by atoms with Gasteiger partial charge in [0, 0.05) is 5.69 Å². The number of carbonyl (C=O) groups excluding carboxylic acids is 2. The van der Waals surface area contributed by atoms with Gasteiger partial charge in [-0.15, -0.1) is 0 Å². The zero-order valence-electron chi connectivity index (χ0n) is 10.4. The Morgan fingerprint density at radius 2 is 1.85 bits per heavy atom. The van der Waals surface area contributed by atoms with Gasteiger partial charge >= 0.3 is 0 Å². The average molecular weight is 301 g/mol. The van der Waals surface area contributed by atoms with Crippen LogP contribution in [0.25, 0.3) is 0 Å². The maximum Gasteiger partial charge on any atom is 0.296 e. The lowest BCUT2D eigenvalue weighted by molar-refractivity contribution is -0.123. The molecule has 1 aromatic carbocycles. The predicted octanol–water partition coefficient (Wildman–Crippen LogP) is -1.56.